The van der Waals surface area contributed by atoms with E-state index < -0.39 is 16.1 Å². The van der Waals surface area contributed by atoms with Crippen LogP contribution in [0, 0.1) is 0 Å². The van der Waals surface area contributed by atoms with Crippen LogP contribution in [-0.2, 0) is 14.8 Å². The molecule has 0 radical (unpaired) electrons. The molecule has 0 aromatic heterocycles. The number of hydrogen-bond acceptors (Lipinski definition) is 4. The molecule has 1 aliphatic rings. The molecule has 1 fully saturated rings. The maximum atomic E-state index is 12.8. The molecule has 0 aliphatic carbocycles. The Kier molecular flexibility index (Phi) is 6.29. The van der Waals surface area contributed by atoms with E-state index >= 15 is 0 Å². The first-order valence-electron chi connectivity index (χ1n) is 8.56. The van der Waals surface area contributed by atoms with Crippen LogP contribution < -0.4 is 13.9 Å². The monoisotopic (exact) mass is 370 g/mol. The van der Waals surface area contributed by atoms with Gasteiger partial charge in [0.2, 0.25) is 15.9 Å². The van der Waals surface area contributed by atoms with Crippen molar-refractivity contribution in [3.05, 3.63) is 24.3 Å². The molecule has 0 unspecified atom stereocenters. The number of piperazine rings is 1. The predicted molar refractivity (Wildman–Crippen MR) is 97.6 cm³/mol. The van der Waals surface area contributed by atoms with Gasteiger partial charge >= 0.3 is 0 Å². The van der Waals surface area contributed by atoms with E-state index in [-0.39, 0.29) is 5.91 Å². The number of carbonyl (C=O) groups is 1. The Morgan fingerprint density at radius 1 is 1.28 bits per heavy atom. The topological polar surface area (TPSA) is 71.4 Å². The molecule has 0 spiro atoms. The van der Waals surface area contributed by atoms with E-state index in [4.69, 9.17) is 4.74 Å². The molecule has 0 saturated carbocycles. The molecule has 1 amide bonds. The zero-order valence-electron chi connectivity index (χ0n) is 15.4. The van der Waals surface area contributed by atoms with Crippen molar-refractivity contribution in [1.29, 1.82) is 0 Å². The van der Waals surface area contributed by atoms with Gasteiger partial charge in [-0.2, -0.15) is 0 Å². The molecule has 25 heavy (non-hydrogen) atoms. The Hall–Kier alpha value is -1.80. The minimum absolute atomic E-state index is 0.160. The molecular formula is C17H28N3O4S+. The molecule has 1 aliphatic heterocycles. The standard InChI is InChI=1S/C17H27N3O4S/c1-5-24-16-8-6-15(7-9-16)20(25(4,22)23)14(2)17(21)19-12-10-18(3)11-13-19/h6-9,14H,5,10-13H2,1-4H3/p+1/t14-/m0/s1. The number of likely N-dealkylation sites (N-methyl/N-ethyl adjacent to an activating group) is 1. The number of nitrogens with zero attached hydrogens (tertiary/aromatic N) is 2. The van der Waals surface area contributed by atoms with Crippen LogP contribution in [0.1, 0.15) is 13.8 Å². The van der Waals surface area contributed by atoms with Crippen molar-refractivity contribution in [2.45, 2.75) is 19.9 Å². The summed E-state index contributed by atoms with van der Waals surface area (Å²) in [6.45, 7) is 7.11. The molecule has 1 saturated heterocycles. The molecule has 8 heteroatoms. The Morgan fingerprint density at radius 3 is 2.32 bits per heavy atom. The molecule has 1 heterocycles. The van der Waals surface area contributed by atoms with E-state index in [0.29, 0.717) is 31.1 Å². The second-order valence-electron chi connectivity index (χ2n) is 6.44. The van der Waals surface area contributed by atoms with Crippen molar-refractivity contribution >= 4 is 21.6 Å². The molecule has 0 bridgehead atoms. The zero-order chi connectivity index (χ0) is 18.6. The van der Waals surface area contributed by atoms with Crippen LogP contribution in [-0.4, -0.2) is 71.4 Å². The fraction of sp³-hybridized carbons (Fsp3) is 0.588. The lowest BCUT2D eigenvalue weighted by Gasteiger charge is -2.35. The van der Waals surface area contributed by atoms with Crippen LogP contribution in [0.5, 0.6) is 5.75 Å². The van der Waals surface area contributed by atoms with E-state index in [9.17, 15) is 13.2 Å². The summed E-state index contributed by atoms with van der Waals surface area (Å²) in [5.41, 5.74) is 0.464. The van der Waals surface area contributed by atoms with Crippen molar-refractivity contribution in [2.75, 3.05) is 50.4 Å². The van der Waals surface area contributed by atoms with Gasteiger partial charge < -0.3 is 14.5 Å². The van der Waals surface area contributed by atoms with Crippen LogP contribution in [0.25, 0.3) is 0 Å². The first kappa shape index (κ1) is 19.5. The molecule has 1 atom stereocenters. The number of sulfonamides is 1. The molecular weight excluding hydrogens is 342 g/mol. The fourth-order valence-electron chi connectivity index (χ4n) is 3.03. The van der Waals surface area contributed by atoms with Gasteiger partial charge in [-0.25, -0.2) is 8.42 Å². The Bertz CT molecular complexity index is 682. The maximum absolute atomic E-state index is 12.8. The lowest BCUT2D eigenvalue weighted by molar-refractivity contribution is -0.883. The number of rotatable bonds is 6. The van der Waals surface area contributed by atoms with Gasteiger partial charge in [-0.3, -0.25) is 9.10 Å². The minimum Gasteiger partial charge on any atom is -0.494 e. The highest BCUT2D eigenvalue weighted by Gasteiger charge is 2.33. The number of ether oxygens (including phenoxy) is 1. The summed E-state index contributed by atoms with van der Waals surface area (Å²) >= 11 is 0. The van der Waals surface area contributed by atoms with Crippen LogP contribution in [0.3, 0.4) is 0 Å². The second-order valence-corrected chi connectivity index (χ2v) is 8.30. The molecule has 2 rings (SSSR count). The third-order valence-electron chi connectivity index (χ3n) is 4.40. The van der Waals surface area contributed by atoms with Gasteiger partial charge in [0.1, 0.15) is 11.8 Å². The number of benzene rings is 1. The van der Waals surface area contributed by atoms with Crippen LogP contribution in [0.2, 0.25) is 0 Å². The van der Waals surface area contributed by atoms with E-state index in [1.807, 2.05) is 6.92 Å². The van der Waals surface area contributed by atoms with E-state index in [0.717, 1.165) is 19.3 Å². The van der Waals surface area contributed by atoms with Crippen molar-refractivity contribution in [3.63, 3.8) is 0 Å². The SMILES string of the molecule is CCOc1ccc(N([C@@H](C)C(=O)N2CC[NH+](C)CC2)S(C)(=O)=O)cc1. The van der Waals surface area contributed by atoms with Gasteiger partial charge in [-0.1, -0.05) is 0 Å². The van der Waals surface area contributed by atoms with Gasteiger partial charge in [0, 0.05) is 0 Å². The largest absolute Gasteiger partial charge is 0.494 e. The highest BCUT2D eigenvalue weighted by molar-refractivity contribution is 7.92. The van der Waals surface area contributed by atoms with Crippen molar-refractivity contribution in [2.24, 2.45) is 0 Å². The third-order valence-corrected chi connectivity index (χ3v) is 5.64. The average molecular weight is 370 g/mol. The summed E-state index contributed by atoms with van der Waals surface area (Å²) in [6.07, 6.45) is 1.13. The summed E-state index contributed by atoms with van der Waals surface area (Å²) in [7, 11) is -1.51. The summed E-state index contributed by atoms with van der Waals surface area (Å²) in [4.78, 5) is 16.0. The third kappa shape index (κ3) is 4.85. The predicted octanol–water partition coefficient (Wildman–Crippen LogP) is -0.403. The summed E-state index contributed by atoms with van der Waals surface area (Å²) < 4.78 is 31.3. The molecule has 1 N–H and O–H groups in total. The molecule has 1 aromatic carbocycles. The van der Waals surface area contributed by atoms with Gasteiger partial charge in [0.25, 0.3) is 0 Å². The quantitative estimate of drug-likeness (QED) is 0.740. The molecule has 140 valence electrons. The van der Waals surface area contributed by atoms with Gasteiger partial charge in [0.05, 0.1) is 51.8 Å². The Morgan fingerprint density at radius 2 is 1.84 bits per heavy atom. The van der Waals surface area contributed by atoms with Crippen molar-refractivity contribution in [1.82, 2.24) is 4.90 Å². The van der Waals surface area contributed by atoms with Gasteiger partial charge in [0.15, 0.2) is 0 Å². The van der Waals surface area contributed by atoms with Crippen molar-refractivity contribution < 1.29 is 22.8 Å². The summed E-state index contributed by atoms with van der Waals surface area (Å²) in [5.74, 6) is 0.507. The van der Waals surface area contributed by atoms with Gasteiger partial charge in [-0.15, -0.1) is 0 Å². The van der Waals surface area contributed by atoms with Crippen LogP contribution >= 0.6 is 0 Å². The van der Waals surface area contributed by atoms with E-state index in [1.54, 1.807) is 36.1 Å². The Balaban J connectivity index is 2.23. The molecule has 1 aromatic rings. The normalized spacial score (nSPS) is 17.2. The first-order valence-corrected chi connectivity index (χ1v) is 10.4. The van der Waals surface area contributed by atoms with Gasteiger partial charge in [-0.05, 0) is 38.1 Å². The number of quaternary nitrogens is 1. The van der Waals surface area contributed by atoms with Crippen LogP contribution in [0.15, 0.2) is 24.3 Å². The second kappa shape index (κ2) is 8.05. The molecule has 7 nitrogen and oxygen atoms in total. The van der Waals surface area contributed by atoms with E-state index in [1.165, 1.54) is 9.21 Å². The smallest absolute Gasteiger partial charge is 0.246 e. The highest BCUT2D eigenvalue weighted by atomic mass is 32.2. The summed E-state index contributed by atoms with van der Waals surface area (Å²) in [6, 6.07) is 5.99. The number of hydrogen-bond donors (Lipinski definition) is 1. The van der Waals surface area contributed by atoms with Crippen molar-refractivity contribution in [3.8, 4) is 5.75 Å². The Labute approximate surface area is 150 Å². The number of nitrogens with one attached hydrogen (secondary N) is 1. The minimum atomic E-state index is -3.60. The highest BCUT2D eigenvalue weighted by Crippen LogP contribution is 2.24. The fourth-order valence-corrected chi connectivity index (χ4v) is 4.20. The van der Waals surface area contributed by atoms with Crippen LogP contribution in [0.4, 0.5) is 5.69 Å². The zero-order valence-corrected chi connectivity index (χ0v) is 16.2. The number of anilines is 1. The lowest BCUT2D eigenvalue weighted by atomic mass is 10.2. The maximum Gasteiger partial charge on any atom is 0.246 e. The number of carbonyl (C=O) groups excluding carboxylic acids is 1. The lowest BCUT2D eigenvalue weighted by Crippen LogP contribution is -3.12. The first-order chi connectivity index (χ1) is 11.7. The average Bonchev–Trinajstić information content (AvgIpc) is 2.55. The number of amides is 1. The van der Waals surface area contributed by atoms with E-state index in [2.05, 4.69) is 7.05 Å². The summed E-state index contributed by atoms with van der Waals surface area (Å²) in [5, 5.41) is 0.